The van der Waals surface area contributed by atoms with E-state index in [9.17, 15) is 9.59 Å². The van der Waals surface area contributed by atoms with Crippen LogP contribution in [0.5, 0.6) is 0 Å². The molecule has 10 heteroatoms. The van der Waals surface area contributed by atoms with Crippen molar-refractivity contribution in [1.82, 2.24) is 20.8 Å². The molecular formula is C24H26N6O3S. The van der Waals surface area contributed by atoms with Gasteiger partial charge in [0, 0.05) is 18.1 Å². The molecule has 176 valence electrons. The molecule has 1 saturated heterocycles. The number of amidine groups is 1. The summed E-state index contributed by atoms with van der Waals surface area (Å²) < 4.78 is 4.98. The number of esters is 1. The van der Waals surface area contributed by atoms with Crippen molar-refractivity contribution in [3.63, 3.8) is 0 Å². The minimum atomic E-state index is -0.377. The number of rotatable bonds is 6. The Morgan fingerprint density at radius 1 is 1.15 bits per heavy atom. The normalized spacial score (nSPS) is 22.5. The average molecular weight is 479 g/mol. The summed E-state index contributed by atoms with van der Waals surface area (Å²) in [5.74, 6) is -0.302. The fraction of sp³-hybridized carbons (Fsp3) is 0.292. The maximum absolute atomic E-state index is 12.5. The van der Waals surface area contributed by atoms with Crippen LogP contribution in [-0.4, -0.2) is 51.5 Å². The molecule has 5 rings (SSSR count). The van der Waals surface area contributed by atoms with Gasteiger partial charge in [0.1, 0.15) is 6.17 Å². The fourth-order valence-corrected chi connectivity index (χ4v) is 5.06. The molecule has 0 spiro atoms. The number of benzene rings is 2. The Balaban J connectivity index is 1.13. The Hall–Kier alpha value is -3.50. The van der Waals surface area contributed by atoms with Crippen molar-refractivity contribution in [1.29, 1.82) is 0 Å². The van der Waals surface area contributed by atoms with E-state index in [1.54, 1.807) is 31.2 Å². The Labute approximate surface area is 202 Å². The number of anilines is 1. The van der Waals surface area contributed by atoms with E-state index >= 15 is 0 Å². The maximum atomic E-state index is 12.5. The Morgan fingerprint density at radius 2 is 1.94 bits per heavy atom. The monoisotopic (exact) mass is 478 g/mol. The number of carbonyl (C=O) groups is 2. The van der Waals surface area contributed by atoms with E-state index in [4.69, 9.17) is 4.74 Å². The highest BCUT2D eigenvalue weighted by Crippen LogP contribution is 2.35. The smallest absolute Gasteiger partial charge is 0.338 e. The van der Waals surface area contributed by atoms with Crippen LogP contribution in [0.4, 0.5) is 5.69 Å². The summed E-state index contributed by atoms with van der Waals surface area (Å²) in [6.07, 6.45) is 4.96. The number of hydrazine groups is 1. The van der Waals surface area contributed by atoms with Crippen LogP contribution in [0.3, 0.4) is 0 Å². The number of hydrogen-bond acceptors (Lipinski definition) is 9. The minimum Gasteiger partial charge on any atom is -0.462 e. The zero-order chi connectivity index (χ0) is 23.5. The van der Waals surface area contributed by atoms with Gasteiger partial charge in [-0.2, -0.15) is 5.10 Å². The van der Waals surface area contributed by atoms with E-state index in [2.05, 4.69) is 55.4 Å². The van der Waals surface area contributed by atoms with Crippen molar-refractivity contribution in [2.75, 3.05) is 17.7 Å². The molecule has 1 fully saturated rings. The zero-order valence-electron chi connectivity index (χ0n) is 18.7. The van der Waals surface area contributed by atoms with Gasteiger partial charge in [-0.15, -0.1) is 0 Å². The summed E-state index contributed by atoms with van der Waals surface area (Å²) in [6.45, 7) is 2.08. The van der Waals surface area contributed by atoms with Crippen molar-refractivity contribution in [2.45, 2.75) is 31.6 Å². The first-order valence-corrected chi connectivity index (χ1v) is 12.2. The van der Waals surface area contributed by atoms with Crippen LogP contribution >= 0.6 is 11.8 Å². The highest BCUT2D eigenvalue weighted by Gasteiger charge is 2.44. The second-order valence-electron chi connectivity index (χ2n) is 8.11. The van der Waals surface area contributed by atoms with Crippen molar-refractivity contribution in [2.24, 2.45) is 5.10 Å². The van der Waals surface area contributed by atoms with Crippen molar-refractivity contribution in [3.05, 3.63) is 78.1 Å². The molecule has 3 unspecified atom stereocenters. The quantitative estimate of drug-likeness (QED) is 0.546. The highest BCUT2D eigenvalue weighted by atomic mass is 32.2. The molecule has 2 aromatic carbocycles. The molecule has 0 aromatic heterocycles. The Bertz CT molecular complexity index is 1110. The summed E-state index contributed by atoms with van der Waals surface area (Å²) in [7, 11) is 0. The average Bonchev–Trinajstić information content (AvgIpc) is 3.48. The van der Waals surface area contributed by atoms with Gasteiger partial charge in [0.05, 0.1) is 30.0 Å². The lowest BCUT2D eigenvalue weighted by Gasteiger charge is -2.36. The molecule has 3 N–H and O–H groups in total. The second-order valence-corrected chi connectivity index (χ2v) is 9.05. The molecule has 3 aliphatic rings. The molecule has 2 aromatic rings. The van der Waals surface area contributed by atoms with E-state index in [1.165, 1.54) is 17.3 Å². The number of fused-ring (bicyclic) bond motifs is 3. The van der Waals surface area contributed by atoms with E-state index < -0.39 is 0 Å². The van der Waals surface area contributed by atoms with Gasteiger partial charge in [0.25, 0.3) is 0 Å². The lowest BCUT2D eigenvalue weighted by atomic mass is 10.00. The summed E-state index contributed by atoms with van der Waals surface area (Å²) in [5, 5.41) is 10.2. The standard InChI is InChI=1S/C24H26N6O3S/c1-2-33-23(32)17-8-10-18(11-9-17)25-21(31)15-34-24-27-26-22-20-14-19(16-6-4-3-5-7-16)28-30(20)13-12-29(22)24/h3-13,19-20,22,26,28H,2,14-15H2,1H3,(H,25,31). The molecule has 34 heavy (non-hydrogen) atoms. The third-order valence-corrected chi connectivity index (χ3v) is 6.89. The van der Waals surface area contributed by atoms with Crippen molar-refractivity contribution >= 4 is 34.5 Å². The first-order valence-electron chi connectivity index (χ1n) is 11.2. The molecule has 3 heterocycles. The Morgan fingerprint density at radius 3 is 2.71 bits per heavy atom. The van der Waals surface area contributed by atoms with Crippen LogP contribution in [0, 0.1) is 0 Å². The van der Waals surface area contributed by atoms with Crippen LogP contribution in [0.15, 0.2) is 72.1 Å². The molecule has 0 aliphatic carbocycles. The number of hydrogen-bond donors (Lipinski definition) is 3. The van der Waals surface area contributed by atoms with Gasteiger partial charge in [0.2, 0.25) is 5.91 Å². The van der Waals surface area contributed by atoms with Crippen LogP contribution < -0.4 is 16.2 Å². The molecule has 0 saturated carbocycles. The highest BCUT2D eigenvalue weighted by molar-refractivity contribution is 8.14. The number of thioether (sulfide) groups is 1. The fourth-order valence-electron chi connectivity index (χ4n) is 4.28. The summed E-state index contributed by atoms with van der Waals surface area (Å²) >= 11 is 1.38. The predicted molar refractivity (Wildman–Crippen MR) is 131 cm³/mol. The summed E-state index contributed by atoms with van der Waals surface area (Å²) in [6, 6.07) is 17.5. The van der Waals surface area contributed by atoms with Gasteiger partial charge in [0.15, 0.2) is 5.17 Å². The number of hydrazone groups is 1. The van der Waals surface area contributed by atoms with Crippen LogP contribution in [0.25, 0.3) is 0 Å². The molecule has 3 aliphatic heterocycles. The van der Waals surface area contributed by atoms with Crippen LogP contribution in [0.1, 0.15) is 35.3 Å². The molecule has 0 bridgehead atoms. The number of nitrogens with one attached hydrogen (secondary N) is 3. The van der Waals surface area contributed by atoms with Gasteiger partial charge in [-0.3, -0.25) is 10.2 Å². The zero-order valence-corrected chi connectivity index (χ0v) is 19.5. The maximum Gasteiger partial charge on any atom is 0.338 e. The third-order valence-electron chi connectivity index (χ3n) is 5.92. The number of nitrogens with zero attached hydrogens (tertiary/aromatic N) is 3. The van der Waals surface area contributed by atoms with E-state index in [1.807, 2.05) is 18.5 Å². The third kappa shape index (κ3) is 4.59. The first-order chi connectivity index (χ1) is 16.6. The van der Waals surface area contributed by atoms with E-state index in [0.29, 0.717) is 17.9 Å². The Kier molecular flexibility index (Phi) is 6.41. The minimum absolute atomic E-state index is 0.00666. The largest absolute Gasteiger partial charge is 0.462 e. The van der Waals surface area contributed by atoms with Crippen molar-refractivity contribution < 1.29 is 14.3 Å². The first kappa shape index (κ1) is 22.3. The lowest BCUT2D eigenvalue weighted by molar-refractivity contribution is -0.113. The van der Waals surface area contributed by atoms with Crippen molar-refractivity contribution in [3.8, 4) is 0 Å². The lowest BCUT2D eigenvalue weighted by Crippen LogP contribution is -2.54. The second kappa shape index (κ2) is 9.78. The topological polar surface area (TPSA) is 98.3 Å². The van der Waals surface area contributed by atoms with Gasteiger partial charge in [-0.1, -0.05) is 42.1 Å². The van der Waals surface area contributed by atoms with Crippen LogP contribution in [0.2, 0.25) is 0 Å². The molecule has 1 amide bonds. The van der Waals surface area contributed by atoms with Crippen LogP contribution in [-0.2, 0) is 9.53 Å². The predicted octanol–water partition coefficient (Wildman–Crippen LogP) is 2.84. The van der Waals surface area contributed by atoms with Gasteiger partial charge in [-0.05, 0) is 43.2 Å². The molecule has 0 radical (unpaired) electrons. The van der Waals surface area contributed by atoms with E-state index in [-0.39, 0.29) is 35.9 Å². The number of amides is 1. The van der Waals surface area contributed by atoms with E-state index in [0.717, 1.165) is 11.6 Å². The summed E-state index contributed by atoms with van der Waals surface area (Å²) in [5.41, 5.74) is 9.14. The van der Waals surface area contributed by atoms with Gasteiger partial charge < -0.3 is 20.0 Å². The SMILES string of the molecule is CCOC(=O)c1ccc(NC(=O)CSC2=NNC3C4CC(c5ccccc5)NN4C=CN23)cc1. The number of ether oxygens (including phenoxy) is 1. The molecular weight excluding hydrogens is 452 g/mol. The molecule has 9 nitrogen and oxygen atoms in total. The van der Waals surface area contributed by atoms with Gasteiger partial charge in [-0.25, -0.2) is 10.2 Å². The van der Waals surface area contributed by atoms with Gasteiger partial charge >= 0.3 is 5.97 Å². The molecule has 3 atom stereocenters. The summed E-state index contributed by atoms with van der Waals surface area (Å²) in [4.78, 5) is 26.3. The number of carbonyl (C=O) groups excluding carboxylic acids is 2.